The highest BCUT2D eigenvalue weighted by Crippen LogP contribution is 2.49. The van der Waals surface area contributed by atoms with Gasteiger partial charge in [0.25, 0.3) is 0 Å². The van der Waals surface area contributed by atoms with Crippen LogP contribution in [0.5, 0.6) is 0 Å². The Morgan fingerprint density at radius 2 is 1.14 bits per heavy atom. The summed E-state index contributed by atoms with van der Waals surface area (Å²) < 4.78 is 86.6. The highest BCUT2D eigenvalue weighted by atomic mass is 19.4. The van der Waals surface area contributed by atoms with Crippen LogP contribution in [-0.4, -0.2) is 24.3 Å². The van der Waals surface area contributed by atoms with Crippen molar-refractivity contribution in [2.45, 2.75) is 37.2 Å². The van der Waals surface area contributed by atoms with Crippen molar-refractivity contribution in [2.75, 3.05) is 0 Å². The number of hydrogen-bond donors (Lipinski definition) is 0. The van der Waals surface area contributed by atoms with E-state index in [4.69, 9.17) is 0 Å². The molecule has 0 radical (unpaired) electrons. The zero-order valence-electron chi connectivity index (χ0n) is 6.55. The molecule has 1 rings (SSSR count). The van der Waals surface area contributed by atoms with E-state index in [0.717, 1.165) is 0 Å². The van der Waals surface area contributed by atoms with Crippen molar-refractivity contribution < 1.29 is 35.5 Å². The minimum Gasteiger partial charge on any atom is -0.329 e. The van der Waals surface area contributed by atoms with E-state index in [2.05, 4.69) is 4.74 Å². The largest absolute Gasteiger partial charge is 0.458 e. The van der Waals surface area contributed by atoms with Crippen molar-refractivity contribution in [2.24, 2.45) is 0 Å². The molecule has 1 saturated carbocycles. The second kappa shape index (κ2) is 2.98. The lowest BCUT2D eigenvalue weighted by Crippen LogP contribution is -2.55. The van der Waals surface area contributed by atoms with Crippen LogP contribution >= 0.6 is 0 Å². The Balaban J connectivity index is 2.88. The van der Waals surface area contributed by atoms with E-state index in [-0.39, 0.29) is 12.8 Å². The van der Waals surface area contributed by atoms with E-state index >= 15 is 0 Å². The lowest BCUT2D eigenvalue weighted by atomic mass is 10.3. The topological polar surface area (TPSA) is 9.23 Å². The molecule has 1 aliphatic carbocycles. The van der Waals surface area contributed by atoms with E-state index in [1.54, 1.807) is 0 Å². The molecule has 1 nitrogen and oxygen atoms in total. The van der Waals surface area contributed by atoms with E-state index in [9.17, 15) is 30.7 Å². The normalized spacial score (nSPS) is 19.9. The first-order chi connectivity index (χ1) is 6.08. The summed E-state index contributed by atoms with van der Waals surface area (Å²) in [5.74, 6) is -5.54. The van der Waals surface area contributed by atoms with Crippen molar-refractivity contribution in [3.63, 3.8) is 0 Å². The Labute approximate surface area is 73.8 Å². The monoisotopic (exact) mass is 226 g/mol. The number of alkyl halides is 7. The van der Waals surface area contributed by atoms with E-state index in [0.29, 0.717) is 0 Å². The van der Waals surface area contributed by atoms with Crippen LogP contribution in [0.15, 0.2) is 0 Å². The predicted molar refractivity (Wildman–Crippen MR) is 30.1 cm³/mol. The average molecular weight is 226 g/mol. The summed E-state index contributed by atoms with van der Waals surface area (Å²) in [6, 6.07) is 0. The summed E-state index contributed by atoms with van der Waals surface area (Å²) in [6.07, 6.45) is -13.5. The average Bonchev–Trinajstić information content (AvgIpc) is 2.65. The SMILES string of the molecule is FC(F)(F)C(F)(OC1CC1)C(F)(F)F. The van der Waals surface area contributed by atoms with E-state index in [1.807, 2.05) is 0 Å². The van der Waals surface area contributed by atoms with Gasteiger partial charge in [-0.25, -0.2) is 0 Å². The van der Waals surface area contributed by atoms with Crippen LogP contribution in [0.3, 0.4) is 0 Å². The summed E-state index contributed by atoms with van der Waals surface area (Å²) in [5.41, 5.74) is 0. The first-order valence-corrected chi connectivity index (χ1v) is 3.58. The number of halogens is 7. The maximum Gasteiger partial charge on any atom is 0.458 e. The van der Waals surface area contributed by atoms with Gasteiger partial charge in [0, 0.05) is 0 Å². The van der Waals surface area contributed by atoms with Crippen LogP contribution in [0.25, 0.3) is 0 Å². The summed E-state index contributed by atoms with van der Waals surface area (Å²) in [6.45, 7) is 0. The van der Waals surface area contributed by atoms with Crippen LogP contribution in [0.2, 0.25) is 0 Å². The van der Waals surface area contributed by atoms with Crippen molar-refractivity contribution in [3.8, 4) is 0 Å². The zero-order chi connectivity index (χ0) is 11.2. The molecule has 1 aliphatic rings. The first kappa shape index (κ1) is 11.5. The molecule has 0 unspecified atom stereocenters. The van der Waals surface area contributed by atoms with Crippen LogP contribution < -0.4 is 0 Å². The Morgan fingerprint density at radius 1 is 0.786 bits per heavy atom. The molecule has 14 heavy (non-hydrogen) atoms. The number of hydrogen-bond acceptors (Lipinski definition) is 1. The van der Waals surface area contributed by atoms with Gasteiger partial charge in [-0.2, -0.15) is 30.7 Å². The smallest absolute Gasteiger partial charge is 0.329 e. The molecule has 0 bridgehead atoms. The Kier molecular flexibility index (Phi) is 2.46. The Hall–Kier alpha value is -0.530. The molecule has 0 atom stereocenters. The third kappa shape index (κ3) is 1.94. The standard InChI is InChI=1S/C6H5F7O/c7-4(5(8,9)10,6(11,12)13)14-3-1-2-3/h3H,1-2H2. The number of rotatable bonds is 2. The minimum atomic E-state index is -6.10. The van der Waals surface area contributed by atoms with E-state index < -0.39 is 24.3 Å². The van der Waals surface area contributed by atoms with Crippen molar-refractivity contribution in [3.05, 3.63) is 0 Å². The van der Waals surface area contributed by atoms with Gasteiger partial charge in [-0.05, 0) is 12.8 Å². The number of ether oxygens (including phenoxy) is 1. The van der Waals surface area contributed by atoms with Gasteiger partial charge in [0.1, 0.15) is 0 Å². The van der Waals surface area contributed by atoms with Gasteiger partial charge >= 0.3 is 18.2 Å². The van der Waals surface area contributed by atoms with Crippen LogP contribution in [0.1, 0.15) is 12.8 Å². The van der Waals surface area contributed by atoms with Gasteiger partial charge in [0.05, 0.1) is 6.10 Å². The molecule has 8 heteroatoms. The molecular formula is C6H5F7O. The van der Waals surface area contributed by atoms with E-state index in [1.165, 1.54) is 0 Å². The fourth-order valence-electron chi connectivity index (χ4n) is 0.710. The highest BCUT2D eigenvalue weighted by molar-refractivity contribution is 4.89. The summed E-state index contributed by atoms with van der Waals surface area (Å²) in [4.78, 5) is 0. The van der Waals surface area contributed by atoms with Crippen molar-refractivity contribution >= 4 is 0 Å². The molecule has 0 aromatic rings. The molecule has 84 valence electrons. The fraction of sp³-hybridized carbons (Fsp3) is 1.00. The Morgan fingerprint density at radius 3 is 1.36 bits per heavy atom. The molecule has 0 aromatic heterocycles. The molecule has 0 N–H and O–H groups in total. The molecule has 0 aromatic carbocycles. The fourth-order valence-corrected chi connectivity index (χ4v) is 0.710. The van der Waals surface area contributed by atoms with Gasteiger partial charge in [-0.15, -0.1) is 0 Å². The van der Waals surface area contributed by atoms with Crippen LogP contribution in [0.4, 0.5) is 30.7 Å². The molecular weight excluding hydrogens is 221 g/mol. The van der Waals surface area contributed by atoms with Gasteiger partial charge in [0.15, 0.2) is 0 Å². The lowest BCUT2D eigenvalue weighted by molar-refractivity contribution is -0.432. The van der Waals surface area contributed by atoms with Crippen molar-refractivity contribution in [1.82, 2.24) is 0 Å². The van der Waals surface area contributed by atoms with Crippen LogP contribution in [0, 0.1) is 0 Å². The van der Waals surface area contributed by atoms with Crippen LogP contribution in [-0.2, 0) is 4.74 Å². The quantitative estimate of drug-likeness (QED) is 0.657. The Bertz CT molecular complexity index is 199. The molecule has 1 fully saturated rings. The molecule has 0 amide bonds. The maximum absolute atomic E-state index is 12.6. The molecule has 0 heterocycles. The first-order valence-electron chi connectivity index (χ1n) is 3.58. The van der Waals surface area contributed by atoms with Crippen molar-refractivity contribution in [1.29, 1.82) is 0 Å². The second-order valence-electron chi connectivity index (χ2n) is 2.91. The lowest BCUT2D eigenvalue weighted by Gasteiger charge is -2.29. The second-order valence-corrected chi connectivity index (χ2v) is 2.91. The summed E-state index contributed by atoms with van der Waals surface area (Å²) >= 11 is 0. The molecule has 0 aliphatic heterocycles. The van der Waals surface area contributed by atoms with Gasteiger partial charge in [-0.3, -0.25) is 0 Å². The van der Waals surface area contributed by atoms with Gasteiger partial charge in [0.2, 0.25) is 0 Å². The summed E-state index contributed by atoms with van der Waals surface area (Å²) in [5, 5.41) is 0. The molecule has 0 spiro atoms. The zero-order valence-corrected chi connectivity index (χ0v) is 6.55. The minimum absolute atomic E-state index is 0.0117. The maximum atomic E-state index is 12.6. The summed E-state index contributed by atoms with van der Waals surface area (Å²) in [7, 11) is 0. The van der Waals surface area contributed by atoms with Gasteiger partial charge < -0.3 is 4.74 Å². The third-order valence-electron chi connectivity index (χ3n) is 1.58. The third-order valence-corrected chi connectivity index (χ3v) is 1.58. The van der Waals surface area contributed by atoms with Gasteiger partial charge in [-0.1, -0.05) is 0 Å². The predicted octanol–water partition coefficient (Wildman–Crippen LogP) is 2.96. The highest BCUT2D eigenvalue weighted by Gasteiger charge is 2.75. The molecule has 0 saturated heterocycles.